The first-order chi connectivity index (χ1) is 17.6. The fraction of sp³-hybridized carbons (Fsp3) is 0.300. The molecule has 0 atom stereocenters. The van der Waals surface area contributed by atoms with Crippen LogP contribution in [0.25, 0.3) is 17.2 Å². The summed E-state index contributed by atoms with van der Waals surface area (Å²) in [5, 5.41) is 9.75. The van der Waals surface area contributed by atoms with Crippen molar-refractivity contribution < 1.29 is 24.1 Å². The van der Waals surface area contributed by atoms with E-state index in [1.807, 2.05) is 54.6 Å². The standard InChI is InChI=1S/C30H33NO5/c1-3-4-16-35-17-18-36-27-11-8-22(9-12-27)23-10-13-29-25(19-23)20-24(30(32)33)14-15-31(29)26-6-5-7-28(21-26)34-2/h5-13,19-21H,3-4,14-18H2,1-2H3,(H,32,33). The van der Waals surface area contributed by atoms with E-state index < -0.39 is 5.97 Å². The van der Waals surface area contributed by atoms with Gasteiger partial charge in [-0.25, -0.2) is 4.79 Å². The fourth-order valence-corrected chi connectivity index (χ4v) is 4.23. The zero-order valence-electron chi connectivity index (χ0n) is 20.9. The number of anilines is 2. The van der Waals surface area contributed by atoms with E-state index in [1.165, 1.54) is 0 Å². The number of hydrogen-bond donors (Lipinski definition) is 1. The van der Waals surface area contributed by atoms with Gasteiger partial charge in [0.2, 0.25) is 0 Å². The first-order valence-corrected chi connectivity index (χ1v) is 12.4. The molecule has 0 aliphatic carbocycles. The number of aliphatic carboxylic acids is 1. The number of fused-ring (bicyclic) bond motifs is 1. The summed E-state index contributed by atoms with van der Waals surface area (Å²) in [5.41, 5.74) is 5.23. The van der Waals surface area contributed by atoms with E-state index in [0.717, 1.165) is 59.0 Å². The number of carboxylic acids is 1. The molecule has 3 aromatic rings. The third-order valence-corrected chi connectivity index (χ3v) is 6.22. The lowest BCUT2D eigenvalue weighted by molar-refractivity contribution is -0.132. The van der Waals surface area contributed by atoms with Gasteiger partial charge in [-0.2, -0.15) is 0 Å². The largest absolute Gasteiger partial charge is 0.497 e. The molecule has 0 aromatic heterocycles. The smallest absolute Gasteiger partial charge is 0.331 e. The molecule has 0 saturated carbocycles. The van der Waals surface area contributed by atoms with Gasteiger partial charge in [0.15, 0.2) is 0 Å². The minimum Gasteiger partial charge on any atom is -0.497 e. The molecule has 0 spiro atoms. The molecule has 1 aliphatic rings. The Morgan fingerprint density at radius 3 is 2.50 bits per heavy atom. The van der Waals surface area contributed by atoms with E-state index in [2.05, 4.69) is 24.0 Å². The van der Waals surface area contributed by atoms with Gasteiger partial charge in [0.05, 0.1) is 13.7 Å². The molecule has 6 nitrogen and oxygen atoms in total. The highest BCUT2D eigenvalue weighted by Crippen LogP contribution is 2.37. The summed E-state index contributed by atoms with van der Waals surface area (Å²) in [4.78, 5) is 14.0. The zero-order chi connectivity index (χ0) is 25.3. The highest BCUT2D eigenvalue weighted by Gasteiger charge is 2.21. The number of nitrogens with zero attached hydrogens (tertiary/aromatic N) is 1. The van der Waals surface area contributed by atoms with Crippen LogP contribution in [0.15, 0.2) is 72.3 Å². The van der Waals surface area contributed by atoms with Crippen LogP contribution in [0, 0.1) is 0 Å². The molecular formula is C30H33NO5. The Morgan fingerprint density at radius 2 is 1.75 bits per heavy atom. The number of rotatable bonds is 11. The van der Waals surface area contributed by atoms with Crippen molar-refractivity contribution in [3.05, 3.63) is 77.9 Å². The Hall–Kier alpha value is -3.77. The van der Waals surface area contributed by atoms with E-state index >= 15 is 0 Å². The minimum atomic E-state index is -0.890. The van der Waals surface area contributed by atoms with Crippen LogP contribution < -0.4 is 14.4 Å². The van der Waals surface area contributed by atoms with Crippen LogP contribution >= 0.6 is 0 Å². The van der Waals surface area contributed by atoms with Gasteiger partial charge >= 0.3 is 5.97 Å². The first-order valence-electron chi connectivity index (χ1n) is 12.4. The van der Waals surface area contributed by atoms with Crippen LogP contribution in [-0.2, 0) is 9.53 Å². The maximum absolute atomic E-state index is 11.9. The lowest BCUT2D eigenvalue weighted by Gasteiger charge is -2.26. The summed E-state index contributed by atoms with van der Waals surface area (Å²) >= 11 is 0. The second-order valence-corrected chi connectivity index (χ2v) is 8.69. The Morgan fingerprint density at radius 1 is 0.944 bits per heavy atom. The average molecular weight is 488 g/mol. The van der Waals surface area contributed by atoms with Crippen LogP contribution in [0.3, 0.4) is 0 Å². The van der Waals surface area contributed by atoms with Crippen molar-refractivity contribution in [3.8, 4) is 22.6 Å². The second kappa shape index (κ2) is 12.3. The minimum absolute atomic E-state index is 0.392. The Kier molecular flexibility index (Phi) is 8.63. The molecule has 1 aliphatic heterocycles. The maximum atomic E-state index is 11.9. The third kappa shape index (κ3) is 6.26. The highest BCUT2D eigenvalue weighted by atomic mass is 16.5. The van der Waals surface area contributed by atoms with Crippen molar-refractivity contribution in [3.63, 3.8) is 0 Å². The van der Waals surface area contributed by atoms with E-state index in [-0.39, 0.29) is 0 Å². The summed E-state index contributed by atoms with van der Waals surface area (Å²) in [6.07, 6.45) is 4.41. The lowest BCUT2D eigenvalue weighted by Crippen LogP contribution is -2.19. The van der Waals surface area contributed by atoms with Crippen molar-refractivity contribution in [2.75, 3.05) is 38.4 Å². The van der Waals surface area contributed by atoms with Crippen molar-refractivity contribution in [2.45, 2.75) is 26.2 Å². The van der Waals surface area contributed by atoms with Crippen molar-refractivity contribution in [1.29, 1.82) is 0 Å². The number of ether oxygens (including phenoxy) is 3. The predicted octanol–water partition coefficient (Wildman–Crippen LogP) is 6.57. The predicted molar refractivity (Wildman–Crippen MR) is 143 cm³/mol. The maximum Gasteiger partial charge on any atom is 0.331 e. The number of unbranched alkanes of at least 4 members (excludes halogenated alkanes) is 1. The van der Waals surface area contributed by atoms with Crippen LogP contribution in [0.2, 0.25) is 0 Å². The number of carbonyl (C=O) groups is 1. The summed E-state index contributed by atoms with van der Waals surface area (Å²) in [5.74, 6) is 0.667. The van der Waals surface area contributed by atoms with Gasteiger partial charge in [-0.15, -0.1) is 0 Å². The molecule has 0 amide bonds. The van der Waals surface area contributed by atoms with E-state index in [1.54, 1.807) is 13.2 Å². The van der Waals surface area contributed by atoms with Gasteiger partial charge in [-0.3, -0.25) is 0 Å². The van der Waals surface area contributed by atoms with Gasteiger partial charge < -0.3 is 24.2 Å². The van der Waals surface area contributed by atoms with Crippen molar-refractivity contribution in [1.82, 2.24) is 0 Å². The molecule has 4 rings (SSSR count). The van der Waals surface area contributed by atoms with Crippen LogP contribution in [-0.4, -0.2) is 44.6 Å². The van der Waals surface area contributed by atoms with Crippen molar-refractivity contribution in [2.24, 2.45) is 0 Å². The molecule has 0 radical (unpaired) electrons. The lowest BCUT2D eigenvalue weighted by atomic mass is 10.00. The number of benzene rings is 3. The van der Waals surface area contributed by atoms with E-state index in [0.29, 0.717) is 31.8 Å². The topological polar surface area (TPSA) is 68.2 Å². The summed E-state index contributed by atoms with van der Waals surface area (Å²) in [6.45, 7) is 4.57. The van der Waals surface area contributed by atoms with Gasteiger partial charge in [-0.1, -0.05) is 37.6 Å². The number of hydrogen-bond acceptors (Lipinski definition) is 5. The average Bonchev–Trinajstić information content (AvgIpc) is 3.10. The quantitative estimate of drug-likeness (QED) is 0.309. The molecule has 1 heterocycles. The van der Waals surface area contributed by atoms with Crippen LogP contribution in [0.1, 0.15) is 31.7 Å². The monoisotopic (exact) mass is 487 g/mol. The Labute approximate surface area is 212 Å². The molecule has 188 valence electrons. The molecule has 0 unspecified atom stereocenters. The molecule has 3 aromatic carbocycles. The summed E-state index contributed by atoms with van der Waals surface area (Å²) in [6, 6.07) is 22.0. The van der Waals surface area contributed by atoms with E-state index in [4.69, 9.17) is 14.2 Å². The molecule has 1 N–H and O–H groups in total. The molecule has 6 heteroatoms. The first kappa shape index (κ1) is 25.3. The van der Waals surface area contributed by atoms with E-state index in [9.17, 15) is 9.90 Å². The van der Waals surface area contributed by atoms with Gasteiger partial charge in [0.25, 0.3) is 0 Å². The van der Waals surface area contributed by atoms with Gasteiger partial charge in [0, 0.05) is 36.2 Å². The third-order valence-electron chi connectivity index (χ3n) is 6.22. The highest BCUT2D eigenvalue weighted by molar-refractivity contribution is 5.95. The van der Waals surface area contributed by atoms with Crippen molar-refractivity contribution >= 4 is 23.4 Å². The molecule has 36 heavy (non-hydrogen) atoms. The normalized spacial score (nSPS) is 12.9. The zero-order valence-corrected chi connectivity index (χ0v) is 20.9. The molecule has 0 bridgehead atoms. The summed E-state index contributed by atoms with van der Waals surface area (Å²) in [7, 11) is 1.64. The van der Waals surface area contributed by atoms with Crippen LogP contribution in [0.5, 0.6) is 11.5 Å². The van der Waals surface area contributed by atoms with Gasteiger partial charge in [-0.05, 0) is 72.0 Å². The molecule has 0 saturated heterocycles. The van der Waals surface area contributed by atoms with Crippen LogP contribution in [0.4, 0.5) is 11.4 Å². The Bertz CT molecular complexity index is 1200. The molecular weight excluding hydrogens is 454 g/mol. The fourth-order valence-electron chi connectivity index (χ4n) is 4.23. The number of carboxylic acid groups (broad SMARTS) is 1. The Balaban J connectivity index is 1.56. The summed E-state index contributed by atoms with van der Waals surface area (Å²) < 4.78 is 16.7. The number of methoxy groups -OCH3 is 1. The van der Waals surface area contributed by atoms with Gasteiger partial charge in [0.1, 0.15) is 18.1 Å². The molecule has 0 fully saturated rings. The second-order valence-electron chi connectivity index (χ2n) is 8.69. The SMILES string of the molecule is CCCCOCCOc1ccc(-c2ccc3c(c2)C=C(C(=O)O)CCN3c2cccc(OC)c2)cc1.